The highest BCUT2D eigenvalue weighted by molar-refractivity contribution is 7.12. The summed E-state index contributed by atoms with van der Waals surface area (Å²) < 4.78 is 1.84. The van der Waals surface area contributed by atoms with Crippen LogP contribution in [-0.2, 0) is 0 Å². The van der Waals surface area contributed by atoms with E-state index in [1.54, 1.807) is 0 Å². The number of thiophene rings is 1. The molecule has 1 aliphatic heterocycles. The number of aromatic nitrogens is 3. The highest BCUT2D eigenvalue weighted by Gasteiger charge is 2.27. The van der Waals surface area contributed by atoms with E-state index in [9.17, 15) is 4.79 Å². The molecule has 0 bridgehead atoms. The molecule has 6 nitrogen and oxygen atoms in total. The number of fused-ring (bicyclic) bond motifs is 1. The van der Waals surface area contributed by atoms with E-state index in [4.69, 9.17) is 10.1 Å². The zero-order valence-electron chi connectivity index (χ0n) is 15.9. The van der Waals surface area contributed by atoms with E-state index in [0.717, 1.165) is 53.7 Å². The van der Waals surface area contributed by atoms with E-state index < -0.39 is 0 Å². The predicted octanol–water partition coefficient (Wildman–Crippen LogP) is 4.55. The molecule has 1 aliphatic rings. The number of rotatable bonds is 4. The van der Waals surface area contributed by atoms with Crippen LogP contribution in [0.3, 0.4) is 0 Å². The Kier molecular flexibility index (Phi) is 4.73. The summed E-state index contributed by atoms with van der Waals surface area (Å²) in [6.07, 6.45) is 3.75. The molecular weight excluding hydrogens is 382 g/mol. The first-order valence-corrected chi connectivity index (χ1v) is 10.7. The van der Waals surface area contributed by atoms with Gasteiger partial charge in [0.25, 0.3) is 5.91 Å². The molecule has 3 aromatic heterocycles. The van der Waals surface area contributed by atoms with E-state index in [0.29, 0.717) is 0 Å². The fourth-order valence-electron chi connectivity index (χ4n) is 3.73. The summed E-state index contributed by atoms with van der Waals surface area (Å²) in [4.78, 5) is 20.0. The number of pyridine rings is 1. The number of nitrogens with one attached hydrogen (secondary N) is 1. The summed E-state index contributed by atoms with van der Waals surface area (Å²) in [5.74, 6) is 1.29. The molecule has 7 heteroatoms. The third-order valence-corrected chi connectivity index (χ3v) is 6.15. The summed E-state index contributed by atoms with van der Waals surface area (Å²) in [5.41, 5.74) is 2.85. The molecule has 0 unspecified atom stereocenters. The fraction of sp³-hybridized carbons (Fsp3) is 0.227. The van der Waals surface area contributed by atoms with Gasteiger partial charge in [-0.25, -0.2) is 9.50 Å². The van der Waals surface area contributed by atoms with Gasteiger partial charge in [0.15, 0.2) is 11.5 Å². The van der Waals surface area contributed by atoms with Crippen molar-refractivity contribution in [3.63, 3.8) is 0 Å². The molecule has 0 saturated carbocycles. The average molecular weight is 404 g/mol. The molecule has 1 saturated heterocycles. The van der Waals surface area contributed by atoms with Gasteiger partial charge in [-0.15, -0.1) is 11.3 Å². The number of carbonyl (C=O) groups is 1. The number of hydrogen-bond donors (Lipinski definition) is 1. The predicted molar refractivity (Wildman–Crippen MR) is 115 cm³/mol. The Balaban J connectivity index is 1.28. The van der Waals surface area contributed by atoms with Crippen LogP contribution in [0.5, 0.6) is 0 Å². The van der Waals surface area contributed by atoms with Crippen LogP contribution < -0.4 is 5.32 Å². The van der Waals surface area contributed by atoms with Crippen molar-refractivity contribution in [3.05, 3.63) is 76.9 Å². The lowest BCUT2D eigenvalue weighted by atomic mass is 9.96. The van der Waals surface area contributed by atoms with Gasteiger partial charge < -0.3 is 10.2 Å². The Bertz CT molecular complexity index is 1110. The van der Waals surface area contributed by atoms with Crippen LogP contribution in [0.15, 0.2) is 66.2 Å². The van der Waals surface area contributed by atoms with Gasteiger partial charge in [-0.3, -0.25) is 4.79 Å². The van der Waals surface area contributed by atoms with Crippen molar-refractivity contribution in [2.75, 3.05) is 18.4 Å². The maximum Gasteiger partial charge on any atom is 0.263 e. The van der Waals surface area contributed by atoms with E-state index in [-0.39, 0.29) is 11.8 Å². The van der Waals surface area contributed by atoms with Gasteiger partial charge in [0.05, 0.1) is 16.8 Å². The van der Waals surface area contributed by atoms with Crippen LogP contribution in [0.2, 0.25) is 0 Å². The van der Waals surface area contributed by atoms with Crippen LogP contribution >= 0.6 is 11.3 Å². The highest BCUT2D eigenvalue weighted by Crippen LogP contribution is 2.28. The second-order valence-corrected chi connectivity index (χ2v) is 8.17. The number of anilines is 2. The Morgan fingerprint density at radius 3 is 2.59 bits per heavy atom. The SMILES string of the molecule is O=C(c1cccs1)N1CCC(c2nc3ccc(Nc4ccccc4)cn3n2)CC1. The Morgan fingerprint density at radius 2 is 1.83 bits per heavy atom. The van der Waals surface area contributed by atoms with Gasteiger partial charge in [0, 0.05) is 24.7 Å². The maximum absolute atomic E-state index is 12.5. The minimum Gasteiger partial charge on any atom is -0.354 e. The minimum absolute atomic E-state index is 0.137. The third-order valence-electron chi connectivity index (χ3n) is 5.29. The molecule has 4 aromatic rings. The topological polar surface area (TPSA) is 62.5 Å². The van der Waals surface area contributed by atoms with Gasteiger partial charge in [-0.05, 0) is 48.6 Å². The van der Waals surface area contributed by atoms with Crippen molar-refractivity contribution in [1.82, 2.24) is 19.5 Å². The number of amides is 1. The molecule has 4 heterocycles. The Hall–Kier alpha value is -3.19. The lowest BCUT2D eigenvalue weighted by Gasteiger charge is -2.30. The molecule has 146 valence electrons. The third kappa shape index (κ3) is 3.73. The van der Waals surface area contributed by atoms with Crippen molar-refractivity contribution >= 4 is 34.3 Å². The van der Waals surface area contributed by atoms with Gasteiger partial charge >= 0.3 is 0 Å². The number of nitrogens with zero attached hydrogens (tertiary/aromatic N) is 4. The van der Waals surface area contributed by atoms with E-state index in [1.807, 2.05) is 75.6 Å². The normalized spacial score (nSPS) is 15.0. The molecule has 1 aromatic carbocycles. The zero-order valence-corrected chi connectivity index (χ0v) is 16.7. The number of para-hydroxylation sites is 1. The molecule has 1 N–H and O–H groups in total. The minimum atomic E-state index is 0.137. The summed E-state index contributed by atoms with van der Waals surface area (Å²) in [5, 5.41) is 10.1. The smallest absolute Gasteiger partial charge is 0.263 e. The van der Waals surface area contributed by atoms with Crippen molar-refractivity contribution in [2.45, 2.75) is 18.8 Å². The van der Waals surface area contributed by atoms with Gasteiger partial charge in [-0.1, -0.05) is 24.3 Å². The van der Waals surface area contributed by atoms with E-state index in [1.165, 1.54) is 11.3 Å². The maximum atomic E-state index is 12.5. The van der Waals surface area contributed by atoms with Gasteiger partial charge in [0.2, 0.25) is 0 Å². The molecule has 0 radical (unpaired) electrons. The Labute approximate surface area is 172 Å². The largest absolute Gasteiger partial charge is 0.354 e. The first kappa shape index (κ1) is 17.9. The molecule has 0 atom stereocenters. The first-order chi connectivity index (χ1) is 14.3. The average Bonchev–Trinajstić information content (AvgIpc) is 3.44. The molecule has 1 fully saturated rings. The number of piperidine rings is 1. The van der Waals surface area contributed by atoms with E-state index in [2.05, 4.69) is 5.32 Å². The lowest BCUT2D eigenvalue weighted by molar-refractivity contribution is 0.0716. The summed E-state index contributed by atoms with van der Waals surface area (Å²) in [6.45, 7) is 1.50. The number of benzene rings is 1. The van der Waals surface area contributed by atoms with E-state index >= 15 is 0 Å². The summed E-state index contributed by atoms with van der Waals surface area (Å²) in [6, 6.07) is 17.9. The standard InChI is InChI=1S/C22H21N5OS/c28-22(19-7-4-14-29-19)26-12-10-16(11-13-26)21-24-20-9-8-18(15-27(20)25-21)23-17-5-2-1-3-6-17/h1-9,14-16,23H,10-13H2. The van der Waals surface area contributed by atoms with Crippen LogP contribution in [0.4, 0.5) is 11.4 Å². The van der Waals surface area contributed by atoms with Gasteiger partial charge in [-0.2, -0.15) is 5.10 Å². The molecule has 0 spiro atoms. The quantitative estimate of drug-likeness (QED) is 0.543. The van der Waals surface area contributed by atoms with Crippen molar-refractivity contribution < 1.29 is 4.79 Å². The first-order valence-electron chi connectivity index (χ1n) is 9.77. The molecule has 29 heavy (non-hydrogen) atoms. The second kappa shape index (κ2) is 7.67. The van der Waals surface area contributed by atoms with Crippen LogP contribution in [0.1, 0.15) is 34.3 Å². The molecule has 1 amide bonds. The van der Waals surface area contributed by atoms with Crippen molar-refractivity contribution in [1.29, 1.82) is 0 Å². The number of likely N-dealkylation sites (tertiary alicyclic amines) is 1. The van der Waals surface area contributed by atoms with Gasteiger partial charge in [0.1, 0.15) is 0 Å². The second-order valence-electron chi connectivity index (χ2n) is 7.23. The summed E-state index contributed by atoms with van der Waals surface area (Å²) >= 11 is 1.50. The number of hydrogen-bond acceptors (Lipinski definition) is 5. The molecular formula is C22H21N5OS. The van der Waals surface area contributed by atoms with Crippen molar-refractivity contribution in [3.8, 4) is 0 Å². The van der Waals surface area contributed by atoms with Crippen molar-refractivity contribution in [2.24, 2.45) is 0 Å². The summed E-state index contributed by atoms with van der Waals surface area (Å²) in [7, 11) is 0. The fourth-order valence-corrected chi connectivity index (χ4v) is 4.42. The number of carbonyl (C=O) groups excluding carboxylic acids is 1. The zero-order chi connectivity index (χ0) is 19.6. The molecule has 0 aliphatic carbocycles. The Morgan fingerprint density at radius 1 is 1.00 bits per heavy atom. The lowest BCUT2D eigenvalue weighted by Crippen LogP contribution is -2.37. The van der Waals surface area contributed by atoms with Crippen LogP contribution in [0.25, 0.3) is 5.65 Å². The van der Waals surface area contributed by atoms with Crippen LogP contribution in [-0.4, -0.2) is 38.5 Å². The monoisotopic (exact) mass is 403 g/mol. The van der Waals surface area contributed by atoms with Crippen LogP contribution in [0, 0.1) is 0 Å². The molecule has 5 rings (SSSR count). The highest BCUT2D eigenvalue weighted by atomic mass is 32.1.